The highest BCUT2D eigenvalue weighted by atomic mass is 35.5. The number of benzene rings is 1. The second-order valence-corrected chi connectivity index (χ2v) is 6.33. The number of hydrogen-bond acceptors (Lipinski definition) is 2. The Bertz CT molecular complexity index is 457. The number of ether oxygens (including phenoxy) is 1. The van der Waals surface area contributed by atoms with Crippen LogP contribution < -0.4 is 4.74 Å². The molecule has 1 aromatic carbocycles. The van der Waals surface area contributed by atoms with Crippen molar-refractivity contribution in [1.29, 1.82) is 0 Å². The standard InChI is InChI=1S/C14H15Cl3O2/c1-8-2-4-9(5-3-8)14(18)19-13-11(16)6-10(15)7-12(13)17/h6-9H,2-5H2,1H3. The van der Waals surface area contributed by atoms with Crippen molar-refractivity contribution in [2.24, 2.45) is 11.8 Å². The summed E-state index contributed by atoms with van der Waals surface area (Å²) in [5.41, 5.74) is 0. The molecule has 104 valence electrons. The first-order chi connectivity index (χ1) is 8.97. The number of halogens is 3. The minimum Gasteiger partial charge on any atom is -0.423 e. The molecule has 0 unspecified atom stereocenters. The average molecular weight is 322 g/mol. The van der Waals surface area contributed by atoms with Gasteiger partial charge in [0.15, 0.2) is 5.75 Å². The summed E-state index contributed by atoms with van der Waals surface area (Å²) >= 11 is 17.8. The molecule has 0 amide bonds. The molecule has 0 atom stereocenters. The fourth-order valence-corrected chi connectivity index (χ4v) is 3.20. The second kappa shape index (κ2) is 6.34. The lowest BCUT2D eigenvalue weighted by atomic mass is 9.83. The van der Waals surface area contributed by atoms with E-state index in [9.17, 15) is 4.79 Å². The zero-order chi connectivity index (χ0) is 14.0. The smallest absolute Gasteiger partial charge is 0.314 e. The van der Waals surface area contributed by atoms with Crippen LogP contribution in [0.2, 0.25) is 15.1 Å². The molecule has 1 fully saturated rings. The largest absolute Gasteiger partial charge is 0.423 e. The molecular formula is C14H15Cl3O2. The van der Waals surface area contributed by atoms with Gasteiger partial charge in [0.1, 0.15) is 0 Å². The van der Waals surface area contributed by atoms with Crippen molar-refractivity contribution in [2.45, 2.75) is 32.6 Å². The lowest BCUT2D eigenvalue weighted by molar-refractivity contribution is -0.140. The average Bonchev–Trinajstić information content (AvgIpc) is 2.34. The Morgan fingerprint density at radius 3 is 2.16 bits per heavy atom. The first-order valence-electron chi connectivity index (χ1n) is 6.33. The molecule has 0 spiro atoms. The van der Waals surface area contributed by atoms with Crippen LogP contribution in [0.3, 0.4) is 0 Å². The molecule has 5 heteroatoms. The molecule has 1 aliphatic carbocycles. The van der Waals surface area contributed by atoms with Crippen LogP contribution in [0, 0.1) is 11.8 Å². The third kappa shape index (κ3) is 3.77. The molecule has 2 nitrogen and oxygen atoms in total. The van der Waals surface area contributed by atoms with Crippen LogP contribution in [0.1, 0.15) is 32.6 Å². The van der Waals surface area contributed by atoms with Crippen LogP contribution in [0.15, 0.2) is 12.1 Å². The monoisotopic (exact) mass is 320 g/mol. The number of carbonyl (C=O) groups is 1. The maximum atomic E-state index is 12.1. The maximum absolute atomic E-state index is 12.1. The van der Waals surface area contributed by atoms with Crippen molar-refractivity contribution in [3.63, 3.8) is 0 Å². The summed E-state index contributed by atoms with van der Waals surface area (Å²) in [6, 6.07) is 3.03. The van der Waals surface area contributed by atoms with Gasteiger partial charge in [-0.25, -0.2) is 0 Å². The fraction of sp³-hybridized carbons (Fsp3) is 0.500. The molecule has 1 saturated carbocycles. The summed E-state index contributed by atoms with van der Waals surface area (Å²) in [7, 11) is 0. The third-order valence-electron chi connectivity index (χ3n) is 3.51. The van der Waals surface area contributed by atoms with Crippen molar-refractivity contribution in [3.05, 3.63) is 27.2 Å². The highest BCUT2D eigenvalue weighted by Crippen LogP contribution is 2.37. The van der Waals surface area contributed by atoms with E-state index < -0.39 is 0 Å². The van der Waals surface area contributed by atoms with Gasteiger partial charge in [0.25, 0.3) is 0 Å². The molecule has 1 aliphatic rings. The van der Waals surface area contributed by atoms with Crippen LogP contribution >= 0.6 is 34.8 Å². The Hall–Kier alpha value is -0.440. The van der Waals surface area contributed by atoms with Crippen molar-refractivity contribution < 1.29 is 9.53 Å². The number of rotatable bonds is 2. The van der Waals surface area contributed by atoms with Crippen molar-refractivity contribution >= 4 is 40.8 Å². The van der Waals surface area contributed by atoms with Crippen LogP contribution in [0.4, 0.5) is 0 Å². The molecule has 19 heavy (non-hydrogen) atoms. The summed E-state index contributed by atoms with van der Waals surface area (Å²) in [5.74, 6) is 0.583. The predicted molar refractivity (Wildman–Crippen MR) is 78.2 cm³/mol. The highest BCUT2D eigenvalue weighted by Gasteiger charge is 2.27. The molecule has 0 bridgehead atoms. The van der Waals surface area contributed by atoms with Gasteiger partial charge < -0.3 is 4.74 Å². The lowest BCUT2D eigenvalue weighted by Crippen LogP contribution is -2.25. The van der Waals surface area contributed by atoms with Gasteiger partial charge in [-0.1, -0.05) is 41.7 Å². The van der Waals surface area contributed by atoms with E-state index in [2.05, 4.69) is 6.92 Å². The molecule has 0 saturated heterocycles. The zero-order valence-electron chi connectivity index (χ0n) is 10.6. The van der Waals surface area contributed by atoms with Crippen LogP contribution in [0.5, 0.6) is 5.75 Å². The predicted octanol–water partition coefficient (Wildman–Crippen LogP) is 5.38. The molecular weight excluding hydrogens is 307 g/mol. The van der Waals surface area contributed by atoms with Gasteiger partial charge in [-0.2, -0.15) is 0 Å². The van der Waals surface area contributed by atoms with E-state index in [0.29, 0.717) is 10.9 Å². The molecule has 0 aliphatic heterocycles. The molecule has 0 radical (unpaired) electrons. The van der Waals surface area contributed by atoms with Gasteiger partial charge in [-0.05, 0) is 43.7 Å². The summed E-state index contributed by atoms with van der Waals surface area (Å²) in [5, 5.41) is 0.936. The van der Waals surface area contributed by atoms with E-state index in [-0.39, 0.29) is 27.7 Å². The SMILES string of the molecule is CC1CCC(C(=O)Oc2c(Cl)cc(Cl)cc2Cl)CC1. The summed E-state index contributed by atoms with van der Waals surface area (Å²) in [6.45, 7) is 2.20. The topological polar surface area (TPSA) is 26.3 Å². The van der Waals surface area contributed by atoms with Crippen molar-refractivity contribution in [2.75, 3.05) is 0 Å². The Morgan fingerprint density at radius 2 is 1.63 bits per heavy atom. The summed E-state index contributed by atoms with van der Waals surface area (Å²) < 4.78 is 5.34. The first-order valence-corrected chi connectivity index (χ1v) is 7.47. The molecule has 0 heterocycles. The van der Waals surface area contributed by atoms with Gasteiger partial charge in [0.05, 0.1) is 16.0 Å². The minimum atomic E-state index is -0.252. The molecule has 2 rings (SSSR count). The lowest BCUT2D eigenvalue weighted by Gasteiger charge is -2.24. The Labute approximate surface area is 128 Å². The van der Waals surface area contributed by atoms with Crippen LogP contribution in [-0.4, -0.2) is 5.97 Å². The molecule has 0 aromatic heterocycles. The van der Waals surface area contributed by atoms with Gasteiger partial charge in [-0.3, -0.25) is 4.79 Å². The van der Waals surface area contributed by atoms with E-state index >= 15 is 0 Å². The van der Waals surface area contributed by atoms with Crippen molar-refractivity contribution in [3.8, 4) is 5.75 Å². The second-order valence-electron chi connectivity index (χ2n) is 5.08. The Morgan fingerprint density at radius 1 is 1.11 bits per heavy atom. The van der Waals surface area contributed by atoms with Crippen LogP contribution in [0.25, 0.3) is 0 Å². The van der Waals surface area contributed by atoms with E-state index in [0.717, 1.165) is 25.7 Å². The maximum Gasteiger partial charge on any atom is 0.314 e. The van der Waals surface area contributed by atoms with E-state index in [1.54, 1.807) is 0 Å². The van der Waals surface area contributed by atoms with Gasteiger partial charge >= 0.3 is 5.97 Å². The van der Waals surface area contributed by atoms with E-state index in [4.69, 9.17) is 39.5 Å². The zero-order valence-corrected chi connectivity index (χ0v) is 12.9. The first kappa shape index (κ1) is 15.0. The normalized spacial score (nSPS) is 23.2. The van der Waals surface area contributed by atoms with E-state index in [1.165, 1.54) is 12.1 Å². The quantitative estimate of drug-likeness (QED) is 0.540. The molecule has 1 aromatic rings. The highest BCUT2D eigenvalue weighted by molar-refractivity contribution is 6.40. The number of hydrogen-bond donors (Lipinski definition) is 0. The van der Waals surface area contributed by atoms with Gasteiger partial charge in [0, 0.05) is 5.02 Å². The third-order valence-corrected chi connectivity index (χ3v) is 4.29. The molecule has 0 N–H and O–H groups in total. The Balaban J connectivity index is 2.07. The summed E-state index contributed by atoms with van der Waals surface area (Å²) in [6.07, 6.45) is 3.84. The van der Waals surface area contributed by atoms with Gasteiger partial charge in [-0.15, -0.1) is 0 Å². The minimum absolute atomic E-state index is 0.0565. The Kier molecular flexibility index (Phi) is 4.99. The van der Waals surface area contributed by atoms with Crippen molar-refractivity contribution in [1.82, 2.24) is 0 Å². The van der Waals surface area contributed by atoms with Gasteiger partial charge in [0.2, 0.25) is 0 Å². The number of esters is 1. The fourth-order valence-electron chi connectivity index (χ4n) is 2.31. The van der Waals surface area contributed by atoms with Crippen LogP contribution in [-0.2, 0) is 4.79 Å². The number of carbonyl (C=O) groups excluding carboxylic acids is 1. The van der Waals surface area contributed by atoms with E-state index in [1.807, 2.05) is 0 Å². The summed E-state index contributed by atoms with van der Waals surface area (Å²) in [4.78, 5) is 12.1.